The minimum absolute atomic E-state index is 0.00532. The highest BCUT2D eigenvalue weighted by molar-refractivity contribution is 9.10. The van der Waals surface area contributed by atoms with E-state index < -0.39 is 21.7 Å². The number of ether oxygens (including phenoxy) is 1. The monoisotopic (exact) mass is 538 g/mol. The molecule has 0 unspecified atom stereocenters. The van der Waals surface area contributed by atoms with Crippen LogP contribution in [0.5, 0.6) is 0 Å². The number of fused-ring (bicyclic) bond motifs is 1. The van der Waals surface area contributed by atoms with Gasteiger partial charge in [0, 0.05) is 10.9 Å². The zero-order valence-corrected chi connectivity index (χ0v) is 20.7. The maximum absolute atomic E-state index is 12.5. The number of halogens is 1. The number of sulfone groups is 1. The molecule has 0 aliphatic heterocycles. The summed E-state index contributed by atoms with van der Waals surface area (Å²) >= 11 is 4.71. The standard InChI is InChI=1S/C22H23BrN2O5S2/c1-2-30-21(27)14-25-18-11-10-17(23)13-19(18)31-22(25)24-20(26)9-6-12-32(28,29)15-16-7-4-3-5-8-16/h3-5,7-8,10-11,13H,2,6,9,12,14-15H2,1H3. The lowest BCUT2D eigenvalue weighted by atomic mass is 10.2. The second-order valence-corrected chi connectivity index (χ2v) is 11.2. The molecule has 3 aromatic rings. The zero-order chi connectivity index (χ0) is 23.1. The summed E-state index contributed by atoms with van der Waals surface area (Å²) in [6.07, 6.45) is 0.192. The van der Waals surface area contributed by atoms with Gasteiger partial charge in [0.05, 0.1) is 28.3 Å². The molecule has 0 saturated heterocycles. The third-order valence-electron chi connectivity index (χ3n) is 4.53. The molecule has 10 heteroatoms. The number of nitrogens with zero attached hydrogens (tertiary/aromatic N) is 2. The average Bonchev–Trinajstić information content (AvgIpc) is 3.04. The fourth-order valence-corrected chi connectivity index (χ4v) is 6.15. The Labute approximate surface area is 198 Å². The molecule has 0 bridgehead atoms. The van der Waals surface area contributed by atoms with Crippen LogP contribution in [0.3, 0.4) is 0 Å². The van der Waals surface area contributed by atoms with Crippen LogP contribution in [-0.2, 0) is 36.5 Å². The Bertz CT molecular complexity index is 1280. The van der Waals surface area contributed by atoms with Crippen LogP contribution in [0.15, 0.2) is 58.0 Å². The Hall–Kier alpha value is -2.30. The second-order valence-electron chi connectivity index (χ2n) is 7.07. The van der Waals surface area contributed by atoms with Gasteiger partial charge in [0.1, 0.15) is 6.54 Å². The van der Waals surface area contributed by atoms with E-state index in [0.29, 0.717) is 4.80 Å². The lowest BCUT2D eigenvalue weighted by Gasteiger charge is -2.05. The minimum atomic E-state index is -3.32. The van der Waals surface area contributed by atoms with Gasteiger partial charge in [-0.3, -0.25) is 9.59 Å². The fraction of sp³-hybridized carbons (Fsp3) is 0.318. The molecule has 1 aromatic heterocycles. The molecule has 0 radical (unpaired) electrons. The molecule has 0 aliphatic rings. The first-order valence-electron chi connectivity index (χ1n) is 10.0. The molecule has 3 rings (SSSR count). The maximum Gasteiger partial charge on any atom is 0.326 e. The molecule has 1 amide bonds. The van der Waals surface area contributed by atoms with E-state index >= 15 is 0 Å². The van der Waals surface area contributed by atoms with Crippen LogP contribution < -0.4 is 4.80 Å². The SMILES string of the molecule is CCOC(=O)Cn1c(=NC(=O)CCCS(=O)(=O)Cc2ccccc2)sc2cc(Br)ccc21. The Balaban J connectivity index is 1.73. The summed E-state index contributed by atoms with van der Waals surface area (Å²) in [6.45, 7) is 1.93. The van der Waals surface area contributed by atoms with E-state index in [1.807, 2.05) is 24.3 Å². The van der Waals surface area contributed by atoms with Crippen LogP contribution in [-0.4, -0.2) is 37.2 Å². The summed E-state index contributed by atoms with van der Waals surface area (Å²) in [7, 11) is -3.32. The van der Waals surface area contributed by atoms with Crippen molar-refractivity contribution in [1.29, 1.82) is 0 Å². The van der Waals surface area contributed by atoms with Crippen LogP contribution in [0.25, 0.3) is 10.2 Å². The topological polar surface area (TPSA) is 94.8 Å². The number of hydrogen-bond donors (Lipinski definition) is 0. The molecule has 0 atom stereocenters. The van der Waals surface area contributed by atoms with E-state index in [9.17, 15) is 18.0 Å². The predicted octanol–water partition coefficient (Wildman–Crippen LogP) is 3.85. The van der Waals surface area contributed by atoms with Gasteiger partial charge in [-0.05, 0) is 37.1 Å². The van der Waals surface area contributed by atoms with Gasteiger partial charge < -0.3 is 9.30 Å². The van der Waals surface area contributed by atoms with Gasteiger partial charge in [-0.15, -0.1) is 0 Å². The van der Waals surface area contributed by atoms with Crippen LogP contribution in [0.1, 0.15) is 25.3 Å². The molecule has 1 heterocycles. The molecule has 0 fully saturated rings. The highest BCUT2D eigenvalue weighted by Gasteiger charge is 2.15. The summed E-state index contributed by atoms with van der Waals surface area (Å²) in [5.41, 5.74) is 1.49. The maximum atomic E-state index is 12.5. The number of hydrogen-bond acceptors (Lipinski definition) is 6. The van der Waals surface area contributed by atoms with Crippen molar-refractivity contribution in [3.05, 3.63) is 63.4 Å². The zero-order valence-electron chi connectivity index (χ0n) is 17.5. The number of amides is 1. The first kappa shape index (κ1) is 24.3. The van der Waals surface area contributed by atoms with Crippen LogP contribution in [0.2, 0.25) is 0 Å². The van der Waals surface area contributed by atoms with Crippen LogP contribution >= 0.6 is 27.3 Å². The van der Waals surface area contributed by atoms with E-state index in [1.165, 1.54) is 11.3 Å². The van der Waals surface area contributed by atoms with Crippen LogP contribution in [0, 0.1) is 0 Å². The van der Waals surface area contributed by atoms with Crippen molar-refractivity contribution in [3.8, 4) is 0 Å². The first-order chi connectivity index (χ1) is 15.3. The van der Waals surface area contributed by atoms with Gasteiger partial charge in [0.2, 0.25) is 5.91 Å². The van der Waals surface area contributed by atoms with Gasteiger partial charge in [-0.25, -0.2) is 8.42 Å². The number of thiazole rings is 1. The van der Waals surface area contributed by atoms with Gasteiger partial charge in [-0.1, -0.05) is 57.6 Å². The third-order valence-corrected chi connectivity index (χ3v) is 7.75. The van der Waals surface area contributed by atoms with Crippen molar-refractivity contribution >= 4 is 59.2 Å². The fourth-order valence-electron chi connectivity index (χ4n) is 3.13. The number of aromatic nitrogens is 1. The molecule has 2 aromatic carbocycles. The molecule has 0 spiro atoms. The Morgan fingerprint density at radius 1 is 1.16 bits per heavy atom. The second kappa shape index (κ2) is 11.0. The van der Waals surface area contributed by atoms with E-state index in [1.54, 1.807) is 35.8 Å². The third kappa shape index (κ3) is 6.85. The minimum Gasteiger partial charge on any atom is -0.465 e. The summed E-state index contributed by atoms with van der Waals surface area (Å²) in [6, 6.07) is 14.5. The summed E-state index contributed by atoms with van der Waals surface area (Å²) in [5, 5.41) is 0. The van der Waals surface area contributed by atoms with E-state index in [0.717, 1.165) is 20.3 Å². The first-order valence-corrected chi connectivity index (χ1v) is 13.5. The number of esters is 1. The molecule has 170 valence electrons. The number of rotatable bonds is 9. The Kier molecular flexibility index (Phi) is 8.38. The van der Waals surface area contributed by atoms with Gasteiger partial charge >= 0.3 is 5.97 Å². The van der Waals surface area contributed by atoms with Crippen molar-refractivity contribution < 1.29 is 22.7 Å². The van der Waals surface area contributed by atoms with Crippen molar-refractivity contribution in [2.24, 2.45) is 4.99 Å². The smallest absolute Gasteiger partial charge is 0.326 e. The lowest BCUT2D eigenvalue weighted by Crippen LogP contribution is -2.23. The number of carbonyl (C=O) groups is 2. The van der Waals surface area contributed by atoms with Crippen molar-refractivity contribution in [3.63, 3.8) is 0 Å². The molecular formula is C22H23BrN2O5S2. The summed E-state index contributed by atoms with van der Waals surface area (Å²) < 4.78 is 33.1. The van der Waals surface area contributed by atoms with Gasteiger partial charge in [0.15, 0.2) is 14.6 Å². The van der Waals surface area contributed by atoms with Crippen molar-refractivity contribution in [1.82, 2.24) is 4.57 Å². The summed E-state index contributed by atoms with van der Waals surface area (Å²) in [5.74, 6) is -0.992. The molecule has 7 nitrogen and oxygen atoms in total. The molecule has 0 aliphatic carbocycles. The molecule has 32 heavy (non-hydrogen) atoms. The number of carbonyl (C=O) groups excluding carboxylic acids is 2. The summed E-state index contributed by atoms with van der Waals surface area (Å²) in [4.78, 5) is 29.1. The van der Waals surface area contributed by atoms with E-state index in [-0.39, 0.29) is 37.5 Å². The molecule has 0 N–H and O–H groups in total. The normalized spacial score (nSPS) is 12.2. The van der Waals surface area contributed by atoms with Crippen LogP contribution in [0.4, 0.5) is 0 Å². The molecule has 0 saturated carbocycles. The average molecular weight is 539 g/mol. The van der Waals surface area contributed by atoms with Gasteiger partial charge in [-0.2, -0.15) is 4.99 Å². The Morgan fingerprint density at radius 3 is 2.62 bits per heavy atom. The van der Waals surface area contributed by atoms with Crippen molar-refractivity contribution in [2.45, 2.75) is 32.1 Å². The highest BCUT2D eigenvalue weighted by atomic mass is 79.9. The Morgan fingerprint density at radius 2 is 1.91 bits per heavy atom. The molecular weight excluding hydrogens is 516 g/mol. The van der Waals surface area contributed by atoms with Crippen molar-refractivity contribution in [2.75, 3.05) is 12.4 Å². The van der Waals surface area contributed by atoms with Gasteiger partial charge in [0.25, 0.3) is 0 Å². The number of benzene rings is 2. The predicted molar refractivity (Wildman–Crippen MR) is 128 cm³/mol. The van der Waals surface area contributed by atoms with E-state index in [4.69, 9.17) is 4.74 Å². The largest absolute Gasteiger partial charge is 0.465 e. The lowest BCUT2D eigenvalue weighted by molar-refractivity contribution is -0.143. The van der Waals surface area contributed by atoms with E-state index in [2.05, 4.69) is 20.9 Å². The highest BCUT2D eigenvalue weighted by Crippen LogP contribution is 2.22. The quantitative estimate of drug-likeness (QED) is 0.385.